The number of fused-ring (bicyclic) bond motifs is 4. The van der Waals surface area contributed by atoms with Crippen LogP contribution in [0.25, 0.3) is 33.5 Å². The standard InChI is InChI=1S/C25H29F2N4O3P.C21H22F2N3O2P.C20H22ClF2N4O2P.C12H11Cl2F2N3O.C8H12NOP.C6H6IN.C4H7NO.C2H6OP/c1-35(2,33)20-8-4-3-7-17(20)29-18-13-16(14-19(32)15-10-11-15)28-24-22(18)30-25(23(26)27)31(24)21-9-5-6-12-34-21;1-29(2,28)19-6-4-3-5-14(19)25-15-9-13(10-18(27)12-7-8-12)24-16-11-17(21(22)23)26-20(15)16;1-30(2,28)14-8-4-3-7-12(14)24-13-11-15(21)25-19-17(13)26-20(18(22)23)27(19)16-9-5-6-10-29-16;13-6-5-7(14)17-11-9(6)18-12(10(15)16)19(11)8-3-1-2-4-20-8;1-11(2,10)8-6-4-3-5-7(8)9;7-5-3-1-2-4-6(5)8;5-4(6)3-1-2-3;1-4(2)3/h3-4,7-8,13,15,21,23H,5-6,9-12,14H2,1-2H3,(H,28,29);3-6,9,12,21H,7-8,10-11H2,1-2H3,(H,24,25);3-4,7-8,11,16,18H,5-6,9-10H2,1-2H3,(H,24,25);5,8,10H,1-4H2;3-6H,9H2,1-2H3;1-4H,8H2;3H,1-2H2,(H2,5,6);1-2H3/q;;;;;;;+1. The number of nitrogens with one attached hydrogen (secondary N) is 3. The molecule has 1 amide bonds. The van der Waals surface area contributed by atoms with E-state index in [1.54, 1.807) is 133 Å². The average molecular weight is 2250 g/mol. The van der Waals surface area contributed by atoms with E-state index in [4.69, 9.17) is 66.2 Å². The molecule has 9 N–H and O–H groups in total. The Bertz CT molecular complexity index is 6810. The molecule has 0 bridgehead atoms. The number of anilines is 8. The molecule has 3 aliphatic carbocycles. The van der Waals surface area contributed by atoms with Crippen LogP contribution in [-0.2, 0) is 70.7 Å². The molecule has 0 radical (unpaired) electrons. The summed E-state index contributed by atoms with van der Waals surface area (Å²) in [5.74, 6) is -0.700. The van der Waals surface area contributed by atoms with Gasteiger partial charge in [0.05, 0.1) is 44.9 Å². The van der Waals surface area contributed by atoms with Crippen LogP contribution in [-0.4, -0.2) is 165 Å². The number of aliphatic imine (C=N–C) groups is 1. The summed E-state index contributed by atoms with van der Waals surface area (Å²) in [6.45, 7) is 18.4. The van der Waals surface area contributed by atoms with Crippen molar-refractivity contribution < 1.29 is 86.5 Å². The van der Waals surface area contributed by atoms with E-state index in [1.807, 2.05) is 66.7 Å². The number of aromatic nitrogens is 10. The molecule has 28 nitrogen and oxygen atoms in total. The zero-order valence-electron chi connectivity index (χ0n) is 80.4. The van der Waals surface area contributed by atoms with E-state index in [0.29, 0.717) is 118 Å². The van der Waals surface area contributed by atoms with E-state index in [0.717, 1.165) is 91.6 Å². The van der Waals surface area contributed by atoms with Gasteiger partial charge >= 0.3 is 7.80 Å². The third-order valence-corrected chi connectivity index (χ3v) is 31.2. The Morgan fingerprint density at radius 3 is 1.12 bits per heavy atom. The van der Waals surface area contributed by atoms with Gasteiger partial charge < -0.3 is 65.6 Å². The van der Waals surface area contributed by atoms with Crippen LogP contribution in [0.2, 0.25) is 15.3 Å². The highest BCUT2D eigenvalue weighted by Gasteiger charge is 2.38. The molecule has 3 saturated carbocycles. The molecule has 3 saturated heterocycles. The van der Waals surface area contributed by atoms with Gasteiger partial charge in [0.15, 0.2) is 34.4 Å². The zero-order valence-corrected chi connectivity index (χ0v) is 89.3. The Hall–Kier alpha value is -9.47. The summed E-state index contributed by atoms with van der Waals surface area (Å²) in [4.78, 5) is 68.8. The first-order valence-electron chi connectivity index (χ1n) is 46.3. The van der Waals surface area contributed by atoms with Gasteiger partial charge in [0.25, 0.3) is 25.7 Å². The minimum atomic E-state index is -2.82. The number of nitrogens with two attached hydrogens (primary N) is 3. The summed E-state index contributed by atoms with van der Waals surface area (Å²) < 4.78 is 191. The van der Waals surface area contributed by atoms with Crippen molar-refractivity contribution >= 4 is 223 Å². The number of ketones is 2. The molecule has 3 atom stereocenters. The van der Waals surface area contributed by atoms with E-state index in [9.17, 15) is 72.3 Å². The molecule has 143 heavy (non-hydrogen) atoms. The van der Waals surface area contributed by atoms with Crippen LogP contribution in [0.5, 0.6) is 0 Å². The molecule has 6 fully saturated rings. The summed E-state index contributed by atoms with van der Waals surface area (Å²) in [5.41, 5.74) is 23.8. The van der Waals surface area contributed by atoms with Crippen molar-refractivity contribution in [3.8, 4) is 0 Å². The van der Waals surface area contributed by atoms with E-state index in [1.165, 1.54) is 25.8 Å². The Labute approximate surface area is 853 Å². The Kier molecular flexibility index (Phi) is 39.1. The lowest BCUT2D eigenvalue weighted by molar-refractivity contribution is -0.120. The summed E-state index contributed by atoms with van der Waals surface area (Å²) in [6, 6.07) is 43.0. The molecule has 19 rings (SSSR count). The second-order valence-electron chi connectivity index (χ2n) is 36.8. The summed E-state index contributed by atoms with van der Waals surface area (Å²) in [7, 11) is -10.8. The van der Waals surface area contributed by atoms with Crippen LogP contribution in [0.15, 0.2) is 151 Å². The molecule has 0 spiro atoms. The topological polar surface area (TPSA) is 396 Å². The van der Waals surface area contributed by atoms with Crippen LogP contribution >= 0.6 is 93.8 Å². The smallest absolute Gasteiger partial charge is 0.332 e. The fraction of sp³-hybridized carbons (Fsp3) is 0.418. The molecule has 3 unspecified atom stereocenters. The second-order valence-corrected chi connectivity index (χ2v) is 53.5. The van der Waals surface area contributed by atoms with Crippen molar-refractivity contribution in [3.63, 3.8) is 0 Å². The van der Waals surface area contributed by atoms with Crippen molar-refractivity contribution in [2.24, 2.45) is 28.5 Å². The van der Waals surface area contributed by atoms with Gasteiger partial charge in [0.2, 0.25) is 5.91 Å². The molecule has 12 aromatic rings. The Morgan fingerprint density at radius 1 is 0.434 bits per heavy atom. The van der Waals surface area contributed by atoms with Crippen molar-refractivity contribution in [2.75, 3.05) is 114 Å². The summed E-state index contributed by atoms with van der Waals surface area (Å²) in [6.07, 6.45) is 0.346. The first-order chi connectivity index (χ1) is 67.6. The van der Waals surface area contributed by atoms with E-state index < -0.39 is 92.4 Å². The quantitative estimate of drug-likeness (QED) is 0.0108. The van der Waals surface area contributed by atoms with Crippen molar-refractivity contribution in [1.82, 2.24) is 48.6 Å². The average Bonchev–Trinajstić information content (AvgIpc) is 1.62. The third kappa shape index (κ3) is 30.9. The first kappa shape index (κ1) is 112. The number of imidazole rings is 3. The predicted molar refractivity (Wildman–Crippen MR) is 564 cm³/mol. The van der Waals surface area contributed by atoms with Crippen molar-refractivity contribution in [2.45, 2.75) is 160 Å². The molecular weight excluding hydrogens is 2130 g/mol. The monoisotopic (exact) mass is 2240 g/mol. The molecular formula is C98H115Cl3F8IN17O11P5+. The second kappa shape index (κ2) is 49.8. The lowest BCUT2D eigenvalue weighted by atomic mass is 10.1. The number of amides is 1. The number of nitrogens with zero attached hydrogens (tertiary/aromatic N) is 11. The van der Waals surface area contributed by atoms with Gasteiger partial charge in [0, 0.05) is 116 Å². The SMILES string of the molecule is CP(C)(=O)c1ccccc1N.CP(C)(=O)c1ccccc1Nc1cc(CC(=O)C2CC2)nc2c1N=C(C(F)F)C2.CP(C)(=O)c1ccccc1Nc1cc(CC(=O)C2CC2)nc2c1nc(C(F)F)n2C1CCCCO1.CP(C)(=O)c1ccccc1Nc1cc(Cl)nc2c1nc(C(F)F)n2C1CCCCO1.C[P+](C)=O.FC(F)c1nc2c(Cl)cc(Cl)nc2n1C1CCCCO1.NC(=O)C1CC1.Nc1ccccc1I. The van der Waals surface area contributed by atoms with Crippen LogP contribution in [0.1, 0.15) is 169 Å². The Balaban J connectivity index is 0.000000156. The number of hydrogen-bond acceptors (Lipinski definition) is 24. The van der Waals surface area contributed by atoms with E-state index in [2.05, 4.69) is 78.4 Å². The molecule has 4 aliphatic heterocycles. The number of pyridine rings is 4. The number of rotatable bonds is 24. The zero-order chi connectivity index (χ0) is 104. The number of halogens is 12. The van der Waals surface area contributed by atoms with Gasteiger partial charge in [0.1, 0.15) is 105 Å². The molecule has 45 heteroatoms. The number of carbonyl (C=O) groups is 3. The van der Waals surface area contributed by atoms with Gasteiger partial charge in [-0.1, -0.05) is 100 Å². The first-order valence-corrected chi connectivity index (χ1v) is 61.1. The number of benzene rings is 5. The summed E-state index contributed by atoms with van der Waals surface area (Å²) >= 11 is 20.3. The molecule has 11 heterocycles. The van der Waals surface area contributed by atoms with Gasteiger partial charge in [-0.3, -0.25) is 33.1 Å². The highest BCUT2D eigenvalue weighted by atomic mass is 127. The van der Waals surface area contributed by atoms with Crippen molar-refractivity contribution in [3.05, 3.63) is 199 Å². The number of alkyl halides is 8. The fourth-order valence-corrected chi connectivity index (χ4v) is 21.7. The maximum absolute atomic E-state index is 14.1. The van der Waals surface area contributed by atoms with Gasteiger partial charge in [-0.05, 0) is 251 Å². The minimum Gasteiger partial charge on any atom is -0.398 e. The predicted octanol–water partition coefficient (Wildman–Crippen LogP) is 24.5. The number of hydrogen-bond donors (Lipinski definition) is 6. The number of ether oxygens (including phenoxy) is 3. The van der Waals surface area contributed by atoms with E-state index >= 15 is 0 Å². The maximum atomic E-state index is 14.1. The minimum absolute atomic E-state index is 0.0329. The number of nitrogen functional groups attached to an aromatic ring is 2. The lowest BCUT2D eigenvalue weighted by Crippen LogP contribution is -2.21. The van der Waals surface area contributed by atoms with Crippen LogP contribution in [0, 0.1) is 21.3 Å². The van der Waals surface area contributed by atoms with Gasteiger partial charge in [-0.15, -0.1) is 0 Å². The van der Waals surface area contributed by atoms with Gasteiger partial charge in [-0.2, -0.15) is 0 Å². The van der Waals surface area contributed by atoms with E-state index in [-0.39, 0.29) is 115 Å². The highest BCUT2D eigenvalue weighted by molar-refractivity contribution is 14.1. The lowest BCUT2D eigenvalue weighted by Gasteiger charge is -2.25. The molecule has 7 aliphatic rings. The highest BCUT2D eigenvalue weighted by Crippen LogP contribution is 2.48. The van der Waals surface area contributed by atoms with Crippen LogP contribution in [0.4, 0.5) is 86.3 Å². The van der Waals surface area contributed by atoms with Crippen LogP contribution < -0.4 is 54.4 Å². The largest absolute Gasteiger partial charge is 0.398 e. The molecule has 5 aromatic carbocycles. The van der Waals surface area contributed by atoms with Gasteiger partial charge in [-0.25, -0.2) is 70.0 Å². The number of Topliss-reactive ketones (excluding diaryl/α,β-unsaturated/α-hetero) is 2. The number of para-hydroxylation sites is 5. The maximum Gasteiger partial charge on any atom is 0.332 e. The third-order valence-electron chi connectivity index (χ3n) is 23.3. The van der Waals surface area contributed by atoms with Crippen LogP contribution in [0.3, 0.4) is 0 Å². The number of primary amides is 1. The van der Waals surface area contributed by atoms with Crippen molar-refractivity contribution in [1.29, 1.82) is 0 Å². The molecule has 766 valence electrons. The number of carbonyl (C=O) groups excluding carboxylic acids is 3. The normalized spacial score (nSPS) is 16.8. The molecule has 7 aromatic heterocycles. The summed E-state index contributed by atoms with van der Waals surface area (Å²) in [5, 5.41) is 12.9. The fourth-order valence-electron chi connectivity index (χ4n) is 16.0. The Morgan fingerprint density at radius 2 is 0.776 bits per heavy atom.